The number of nitrogens with zero attached hydrogens (tertiary/aromatic N) is 3. The van der Waals surface area contributed by atoms with Crippen LogP contribution < -0.4 is 10.1 Å². The van der Waals surface area contributed by atoms with Crippen LogP contribution in [0.1, 0.15) is 16.4 Å². The number of amides is 1. The summed E-state index contributed by atoms with van der Waals surface area (Å²) in [4.78, 5) is 13.3. The Hall–Kier alpha value is -3.29. The maximum absolute atomic E-state index is 13.3. The van der Waals surface area contributed by atoms with Gasteiger partial charge in [-0.3, -0.25) is 9.36 Å². The number of ether oxygens (including phenoxy) is 1. The van der Waals surface area contributed by atoms with E-state index in [-0.39, 0.29) is 5.91 Å². The van der Waals surface area contributed by atoms with Gasteiger partial charge in [-0.25, -0.2) is 0 Å². The lowest BCUT2D eigenvalue weighted by Crippen LogP contribution is -2.19. The molecule has 0 fully saturated rings. The van der Waals surface area contributed by atoms with Crippen molar-refractivity contribution in [2.24, 2.45) is 0 Å². The quantitative estimate of drug-likeness (QED) is 0.355. The zero-order chi connectivity index (χ0) is 22.5. The number of rotatable bonds is 7. The van der Waals surface area contributed by atoms with Crippen LogP contribution in [-0.4, -0.2) is 27.8 Å². The molecule has 1 atom stereocenters. The summed E-state index contributed by atoms with van der Waals surface area (Å²) in [5.41, 5.74) is 3.23. The van der Waals surface area contributed by atoms with Crippen molar-refractivity contribution in [3.8, 4) is 11.4 Å². The monoisotopic (exact) mass is 464 g/mol. The Morgan fingerprint density at radius 2 is 1.84 bits per heavy atom. The van der Waals surface area contributed by atoms with Gasteiger partial charge in [0.15, 0.2) is 5.16 Å². The number of halogens is 1. The second-order valence-corrected chi connectivity index (χ2v) is 8.50. The molecule has 162 valence electrons. The van der Waals surface area contributed by atoms with E-state index in [1.807, 2.05) is 78.2 Å². The van der Waals surface area contributed by atoms with Crippen molar-refractivity contribution in [2.45, 2.75) is 17.3 Å². The SMILES string of the molecule is COc1ccccc1-n1cnnc1SC(C(=O)Nc1ccc(C)c(Cl)c1)c1ccccc1. The number of methoxy groups -OCH3 is 1. The Morgan fingerprint density at radius 3 is 2.59 bits per heavy atom. The molecule has 4 rings (SSSR count). The largest absolute Gasteiger partial charge is 0.495 e. The van der Waals surface area contributed by atoms with E-state index in [4.69, 9.17) is 16.3 Å². The van der Waals surface area contributed by atoms with E-state index >= 15 is 0 Å². The van der Waals surface area contributed by atoms with Gasteiger partial charge in [-0.1, -0.05) is 71.9 Å². The summed E-state index contributed by atoms with van der Waals surface area (Å²) in [5, 5.41) is 11.9. The van der Waals surface area contributed by atoms with Gasteiger partial charge in [0.05, 0.1) is 12.8 Å². The summed E-state index contributed by atoms with van der Waals surface area (Å²) in [7, 11) is 1.61. The Morgan fingerprint density at radius 1 is 1.09 bits per heavy atom. The third-order valence-corrected chi connectivity index (χ3v) is 6.48. The van der Waals surface area contributed by atoms with Crippen molar-refractivity contribution in [3.63, 3.8) is 0 Å². The lowest BCUT2D eigenvalue weighted by atomic mass is 10.1. The number of carbonyl (C=O) groups is 1. The van der Waals surface area contributed by atoms with Gasteiger partial charge in [0.2, 0.25) is 5.91 Å². The summed E-state index contributed by atoms with van der Waals surface area (Å²) in [6, 6.07) is 22.6. The van der Waals surface area contributed by atoms with Gasteiger partial charge in [0.25, 0.3) is 0 Å². The molecule has 0 aliphatic rings. The minimum absolute atomic E-state index is 0.185. The van der Waals surface area contributed by atoms with Crippen LogP contribution in [0.4, 0.5) is 5.69 Å². The lowest BCUT2D eigenvalue weighted by molar-refractivity contribution is -0.115. The molecule has 0 aliphatic carbocycles. The van der Waals surface area contributed by atoms with Gasteiger partial charge in [-0.2, -0.15) is 0 Å². The first-order valence-electron chi connectivity index (χ1n) is 9.89. The Kier molecular flexibility index (Phi) is 6.78. The second kappa shape index (κ2) is 9.89. The predicted molar refractivity (Wildman–Crippen MR) is 128 cm³/mol. The Labute approximate surface area is 195 Å². The van der Waals surface area contributed by atoms with Crippen LogP contribution in [0.25, 0.3) is 5.69 Å². The highest BCUT2D eigenvalue weighted by Gasteiger charge is 2.25. The zero-order valence-electron chi connectivity index (χ0n) is 17.5. The Bertz CT molecular complexity index is 1230. The molecule has 3 aromatic carbocycles. The molecule has 0 radical (unpaired) electrons. The van der Waals surface area contributed by atoms with E-state index in [0.29, 0.717) is 21.6 Å². The molecule has 1 N–H and O–H groups in total. The fourth-order valence-electron chi connectivity index (χ4n) is 3.18. The lowest BCUT2D eigenvalue weighted by Gasteiger charge is -2.18. The van der Waals surface area contributed by atoms with Gasteiger partial charge in [-0.05, 0) is 42.3 Å². The van der Waals surface area contributed by atoms with E-state index in [0.717, 1.165) is 16.8 Å². The molecule has 8 heteroatoms. The molecular weight excluding hydrogens is 444 g/mol. The zero-order valence-corrected chi connectivity index (χ0v) is 19.1. The molecule has 1 unspecified atom stereocenters. The molecule has 0 aliphatic heterocycles. The van der Waals surface area contributed by atoms with Crippen LogP contribution in [-0.2, 0) is 4.79 Å². The molecule has 0 saturated heterocycles. The molecular formula is C24H21ClN4O2S. The second-order valence-electron chi connectivity index (χ2n) is 7.02. The number of thioether (sulfide) groups is 1. The number of nitrogens with one attached hydrogen (secondary N) is 1. The van der Waals surface area contributed by atoms with Gasteiger partial charge in [-0.15, -0.1) is 10.2 Å². The van der Waals surface area contributed by atoms with Crippen LogP contribution in [0.15, 0.2) is 84.3 Å². The molecule has 4 aromatic rings. The van der Waals surface area contributed by atoms with Crippen molar-refractivity contribution in [1.29, 1.82) is 0 Å². The van der Waals surface area contributed by atoms with Crippen molar-refractivity contribution < 1.29 is 9.53 Å². The maximum atomic E-state index is 13.3. The van der Waals surface area contributed by atoms with Gasteiger partial charge in [0, 0.05) is 10.7 Å². The highest BCUT2D eigenvalue weighted by Crippen LogP contribution is 2.37. The molecule has 0 saturated carbocycles. The Balaban J connectivity index is 1.67. The van der Waals surface area contributed by atoms with Gasteiger partial charge >= 0.3 is 0 Å². The first-order chi connectivity index (χ1) is 15.6. The average Bonchev–Trinajstić information content (AvgIpc) is 3.28. The number of aryl methyl sites for hydroxylation is 1. The third-order valence-electron chi connectivity index (χ3n) is 4.86. The van der Waals surface area contributed by atoms with E-state index in [1.165, 1.54) is 11.8 Å². The third kappa shape index (κ3) is 4.79. The van der Waals surface area contributed by atoms with E-state index in [2.05, 4.69) is 15.5 Å². The number of hydrogen-bond donors (Lipinski definition) is 1. The number of hydrogen-bond acceptors (Lipinski definition) is 5. The topological polar surface area (TPSA) is 69.0 Å². The summed E-state index contributed by atoms with van der Waals surface area (Å²) < 4.78 is 7.30. The van der Waals surface area contributed by atoms with Crippen LogP contribution in [0.5, 0.6) is 5.75 Å². The van der Waals surface area contributed by atoms with Crippen LogP contribution in [0.3, 0.4) is 0 Å². The number of carbonyl (C=O) groups excluding carboxylic acids is 1. The number of para-hydroxylation sites is 2. The molecule has 6 nitrogen and oxygen atoms in total. The fourth-order valence-corrected chi connectivity index (χ4v) is 4.39. The van der Waals surface area contributed by atoms with Crippen molar-refractivity contribution in [2.75, 3.05) is 12.4 Å². The summed E-state index contributed by atoms with van der Waals surface area (Å²) in [6.45, 7) is 1.92. The highest BCUT2D eigenvalue weighted by molar-refractivity contribution is 8.00. The first-order valence-corrected chi connectivity index (χ1v) is 11.1. The van der Waals surface area contributed by atoms with Crippen LogP contribution in [0.2, 0.25) is 5.02 Å². The normalized spacial score (nSPS) is 11.7. The van der Waals surface area contributed by atoms with Crippen molar-refractivity contribution in [3.05, 3.63) is 95.3 Å². The van der Waals surface area contributed by atoms with Crippen LogP contribution >= 0.6 is 23.4 Å². The first kappa shape index (κ1) is 21.9. The number of anilines is 1. The van der Waals surface area contributed by atoms with Crippen molar-refractivity contribution in [1.82, 2.24) is 14.8 Å². The summed E-state index contributed by atoms with van der Waals surface area (Å²) >= 11 is 7.55. The minimum Gasteiger partial charge on any atom is -0.495 e. The standard InChI is InChI=1S/C24H21ClN4O2S/c1-16-12-13-18(14-19(16)25)27-23(30)22(17-8-4-3-5-9-17)32-24-28-26-15-29(24)20-10-6-7-11-21(20)31-2/h3-15,22H,1-2H3,(H,27,30). The summed E-state index contributed by atoms with van der Waals surface area (Å²) in [5.74, 6) is 0.500. The molecule has 32 heavy (non-hydrogen) atoms. The average molecular weight is 465 g/mol. The van der Waals surface area contributed by atoms with Gasteiger partial charge < -0.3 is 10.1 Å². The van der Waals surface area contributed by atoms with Crippen molar-refractivity contribution >= 4 is 35.0 Å². The maximum Gasteiger partial charge on any atom is 0.242 e. The smallest absolute Gasteiger partial charge is 0.242 e. The minimum atomic E-state index is -0.561. The summed E-state index contributed by atoms with van der Waals surface area (Å²) in [6.07, 6.45) is 1.61. The fraction of sp³-hybridized carbons (Fsp3) is 0.125. The molecule has 1 heterocycles. The van der Waals surface area contributed by atoms with E-state index < -0.39 is 5.25 Å². The molecule has 0 bridgehead atoms. The highest BCUT2D eigenvalue weighted by atomic mass is 35.5. The number of benzene rings is 3. The van der Waals surface area contributed by atoms with E-state index in [9.17, 15) is 4.79 Å². The number of aromatic nitrogens is 3. The molecule has 0 spiro atoms. The predicted octanol–water partition coefficient (Wildman–Crippen LogP) is 5.71. The van der Waals surface area contributed by atoms with Crippen LogP contribution in [0, 0.1) is 6.92 Å². The van der Waals surface area contributed by atoms with E-state index in [1.54, 1.807) is 19.5 Å². The molecule has 1 amide bonds. The molecule has 1 aromatic heterocycles. The van der Waals surface area contributed by atoms with Gasteiger partial charge in [0.1, 0.15) is 17.3 Å².